The Morgan fingerprint density at radius 1 is 1.03 bits per heavy atom. The fourth-order valence-corrected chi connectivity index (χ4v) is 4.33. The van der Waals surface area contributed by atoms with Gasteiger partial charge in [0.2, 0.25) is 5.78 Å². The van der Waals surface area contributed by atoms with Gasteiger partial charge in [-0.25, -0.2) is 0 Å². The number of carbonyl (C=O) groups is 1. The van der Waals surface area contributed by atoms with E-state index < -0.39 is 0 Å². The molecule has 3 aromatic rings. The molecule has 0 radical (unpaired) electrons. The molecule has 0 aliphatic carbocycles. The molecule has 0 aromatic heterocycles. The highest BCUT2D eigenvalue weighted by Crippen LogP contribution is 2.42. The Bertz CT molecular complexity index is 1190. The second kappa shape index (κ2) is 9.51. The molecule has 0 saturated carbocycles. The lowest BCUT2D eigenvalue weighted by Gasteiger charge is -2.29. The van der Waals surface area contributed by atoms with Crippen LogP contribution in [0.3, 0.4) is 0 Å². The fraction of sp³-hybridized carbons (Fsp3) is 0.250. The molecule has 2 heterocycles. The van der Waals surface area contributed by atoms with Crippen LogP contribution in [0.15, 0.2) is 72.5 Å². The summed E-state index contributed by atoms with van der Waals surface area (Å²) < 4.78 is 17.8. The predicted octanol–water partition coefficient (Wildman–Crippen LogP) is 5.49. The van der Waals surface area contributed by atoms with Crippen LogP contribution in [0.1, 0.15) is 40.4 Å². The number of para-hydroxylation sites is 1. The van der Waals surface area contributed by atoms with Gasteiger partial charge in [-0.3, -0.25) is 9.69 Å². The average molecular weight is 442 g/mol. The summed E-state index contributed by atoms with van der Waals surface area (Å²) in [6.45, 7) is 4.65. The Hall–Kier alpha value is -3.57. The Balaban J connectivity index is 1.33. The van der Waals surface area contributed by atoms with E-state index >= 15 is 0 Å². The molecule has 5 heteroatoms. The number of carbonyl (C=O) groups excluding carboxylic acids is 1. The van der Waals surface area contributed by atoms with Crippen molar-refractivity contribution in [3.63, 3.8) is 0 Å². The van der Waals surface area contributed by atoms with Crippen LogP contribution < -0.4 is 14.2 Å². The van der Waals surface area contributed by atoms with Gasteiger partial charge in [0.25, 0.3) is 0 Å². The van der Waals surface area contributed by atoms with E-state index in [2.05, 4.69) is 29.2 Å². The van der Waals surface area contributed by atoms with E-state index in [9.17, 15) is 4.79 Å². The van der Waals surface area contributed by atoms with E-state index in [-0.39, 0.29) is 5.78 Å². The van der Waals surface area contributed by atoms with Gasteiger partial charge in [-0.15, -0.1) is 0 Å². The Morgan fingerprint density at radius 3 is 2.70 bits per heavy atom. The summed E-state index contributed by atoms with van der Waals surface area (Å²) in [5.74, 6) is 2.34. The topological polar surface area (TPSA) is 48.0 Å². The van der Waals surface area contributed by atoms with Crippen molar-refractivity contribution in [3.8, 4) is 17.2 Å². The van der Waals surface area contributed by atoms with E-state index in [0.29, 0.717) is 37.0 Å². The molecule has 168 valence electrons. The molecule has 0 saturated heterocycles. The number of fused-ring (bicyclic) bond motifs is 3. The smallest absolute Gasteiger partial charge is 0.231 e. The molecule has 3 aromatic carbocycles. The lowest BCUT2D eigenvalue weighted by Crippen LogP contribution is -2.33. The Kier molecular flexibility index (Phi) is 6.13. The zero-order valence-electron chi connectivity index (χ0n) is 18.8. The van der Waals surface area contributed by atoms with Gasteiger partial charge in [0, 0.05) is 18.7 Å². The molecule has 0 amide bonds. The van der Waals surface area contributed by atoms with Gasteiger partial charge in [0.1, 0.15) is 24.0 Å². The number of Topliss-reactive ketones (excluding diaryl/α,β-unsaturated/α-hetero) is 1. The van der Waals surface area contributed by atoms with Gasteiger partial charge in [-0.1, -0.05) is 48.5 Å². The van der Waals surface area contributed by atoms with Crippen LogP contribution in [0.2, 0.25) is 0 Å². The summed E-state index contributed by atoms with van der Waals surface area (Å²) in [7, 11) is 0. The van der Waals surface area contributed by atoms with Crippen molar-refractivity contribution in [1.82, 2.24) is 4.90 Å². The summed E-state index contributed by atoms with van der Waals surface area (Å²) in [5.41, 5.74) is 3.69. The molecular weight excluding hydrogens is 414 g/mol. The number of benzene rings is 3. The third kappa shape index (κ3) is 4.50. The first kappa shape index (κ1) is 21.3. The molecule has 0 atom stereocenters. The highest BCUT2D eigenvalue weighted by molar-refractivity contribution is 6.15. The SMILES string of the molecule is CCOc1ccccc1/C=C1\Oc2c(ccc3c2CN(CCCc2ccccc2)CO3)C1=O. The van der Waals surface area contributed by atoms with Crippen LogP contribution in [0.5, 0.6) is 17.2 Å². The van der Waals surface area contributed by atoms with E-state index in [1.165, 1.54) is 5.56 Å². The largest absolute Gasteiger partial charge is 0.493 e. The average Bonchev–Trinajstić information content (AvgIpc) is 3.17. The van der Waals surface area contributed by atoms with Crippen molar-refractivity contribution in [1.29, 1.82) is 0 Å². The Labute approximate surface area is 194 Å². The highest BCUT2D eigenvalue weighted by atomic mass is 16.5. The molecule has 5 nitrogen and oxygen atoms in total. The zero-order valence-corrected chi connectivity index (χ0v) is 18.8. The summed E-state index contributed by atoms with van der Waals surface area (Å²) in [6.07, 6.45) is 3.83. The van der Waals surface area contributed by atoms with Crippen LogP contribution >= 0.6 is 0 Å². The number of allylic oxidation sites excluding steroid dienone is 1. The Morgan fingerprint density at radius 2 is 1.85 bits per heavy atom. The van der Waals surface area contributed by atoms with Crippen LogP contribution in [0, 0.1) is 0 Å². The number of ketones is 1. The number of nitrogens with zero attached hydrogens (tertiary/aromatic N) is 1. The van der Waals surface area contributed by atoms with Gasteiger partial charge in [0.05, 0.1) is 17.7 Å². The standard InChI is InChI=1S/C28H27NO4/c1-2-31-24-13-7-6-12-21(24)17-26-27(30)22-14-15-25-23(28(22)33-26)18-29(19-32-25)16-8-11-20-9-4-3-5-10-20/h3-7,9-10,12-15,17H,2,8,11,16,18-19H2,1H3/b26-17-. The molecule has 0 spiro atoms. The van der Waals surface area contributed by atoms with Crippen molar-refractivity contribution >= 4 is 11.9 Å². The lowest BCUT2D eigenvalue weighted by atomic mass is 10.0. The van der Waals surface area contributed by atoms with Crippen LogP contribution in [0.25, 0.3) is 6.08 Å². The van der Waals surface area contributed by atoms with Gasteiger partial charge < -0.3 is 14.2 Å². The number of hydrogen-bond acceptors (Lipinski definition) is 5. The van der Waals surface area contributed by atoms with Crippen molar-refractivity contribution in [2.45, 2.75) is 26.3 Å². The predicted molar refractivity (Wildman–Crippen MR) is 128 cm³/mol. The van der Waals surface area contributed by atoms with Gasteiger partial charge in [-0.2, -0.15) is 0 Å². The summed E-state index contributed by atoms with van der Waals surface area (Å²) >= 11 is 0. The molecule has 0 bridgehead atoms. The van der Waals surface area contributed by atoms with Crippen molar-refractivity contribution in [2.24, 2.45) is 0 Å². The van der Waals surface area contributed by atoms with E-state index in [1.807, 2.05) is 43.3 Å². The minimum absolute atomic E-state index is 0.111. The maximum atomic E-state index is 13.1. The summed E-state index contributed by atoms with van der Waals surface area (Å²) in [5, 5.41) is 0. The first-order valence-electron chi connectivity index (χ1n) is 11.4. The van der Waals surface area contributed by atoms with Crippen molar-refractivity contribution in [2.75, 3.05) is 19.9 Å². The third-order valence-electron chi connectivity index (χ3n) is 5.97. The maximum Gasteiger partial charge on any atom is 0.231 e. The molecule has 0 N–H and O–H groups in total. The third-order valence-corrected chi connectivity index (χ3v) is 5.97. The molecule has 2 aliphatic heterocycles. The number of rotatable bonds is 7. The first-order chi connectivity index (χ1) is 16.2. The van der Waals surface area contributed by atoms with Crippen LogP contribution in [0.4, 0.5) is 0 Å². The number of ether oxygens (including phenoxy) is 3. The summed E-state index contributed by atoms with van der Waals surface area (Å²) in [6, 6.07) is 21.8. The monoisotopic (exact) mass is 441 g/mol. The fourth-order valence-electron chi connectivity index (χ4n) is 4.33. The molecule has 2 aliphatic rings. The quantitative estimate of drug-likeness (QED) is 0.454. The minimum atomic E-state index is -0.111. The maximum absolute atomic E-state index is 13.1. The normalized spacial score (nSPS) is 16.2. The molecule has 0 fully saturated rings. The van der Waals surface area contributed by atoms with Gasteiger partial charge in [0.15, 0.2) is 5.76 Å². The van der Waals surface area contributed by atoms with E-state index in [4.69, 9.17) is 14.2 Å². The van der Waals surface area contributed by atoms with Crippen LogP contribution in [-0.4, -0.2) is 30.6 Å². The van der Waals surface area contributed by atoms with E-state index in [0.717, 1.165) is 42.0 Å². The lowest BCUT2D eigenvalue weighted by molar-refractivity contribution is 0.0928. The highest BCUT2D eigenvalue weighted by Gasteiger charge is 2.33. The zero-order chi connectivity index (χ0) is 22.6. The molecular formula is C28H27NO4. The van der Waals surface area contributed by atoms with Crippen LogP contribution in [-0.2, 0) is 13.0 Å². The molecule has 0 unspecified atom stereocenters. The van der Waals surface area contributed by atoms with Gasteiger partial charge >= 0.3 is 0 Å². The second-order valence-electron chi connectivity index (χ2n) is 8.24. The van der Waals surface area contributed by atoms with Crippen molar-refractivity contribution in [3.05, 3.63) is 94.7 Å². The molecule has 5 rings (SSSR count). The van der Waals surface area contributed by atoms with Gasteiger partial charge in [-0.05, 0) is 49.6 Å². The molecule has 33 heavy (non-hydrogen) atoms. The number of hydrogen-bond donors (Lipinski definition) is 0. The minimum Gasteiger partial charge on any atom is -0.493 e. The van der Waals surface area contributed by atoms with E-state index in [1.54, 1.807) is 12.1 Å². The van der Waals surface area contributed by atoms with Crippen molar-refractivity contribution < 1.29 is 19.0 Å². The second-order valence-corrected chi connectivity index (χ2v) is 8.24. The first-order valence-corrected chi connectivity index (χ1v) is 11.4. The summed E-state index contributed by atoms with van der Waals surface area (Å²) in [4.78, 5) is 15.3. The number of aryl methyl sites for hydroxylation is 1.